The van der Waals surface area contributed by atoms with Crippen LogP contribution in [0, 0.1) is 0 Å². The minimum Gasteiger partial charge on any atom is -0.308 e. The van der Waals surface area contributed by atoms with Gasteiger partial charge in [-0.2, -0.15) is 0 Å². The summed E-state index contributed by atoms with van der Waals surface area (Å²) in [5.74, 6) is 6.04. The first kappa shape index (κ1) is 12.5. The number of hydrogen-bond donors (Lipinski definition) is 2. The summed E-state index contributed by atoms with van der Waals surface area (Å²) in [4.78, 5) is 6.62. The number of rotatable bonds is 5. The average molecular weight is 242 g/mol. The minimum atomic E-state index is 0.695. The molecule has 3 N–H and O–H groups in total. The highest BCUT2D eigenvalue weighted by molar-refractivity contribution is 5.33. The molecule has 1 aromatic heterocycles. The predicted octanol–water partition coefficient (Wildman–Crippen LogP) is 2.00. The summed E-state index contributed by atoms with van der Waals surface area (Å²) in [6.45, 7) is 1.70. The summed E-state index contributed by atoms with van der Waals surface area (Å²) in [6, 6.07) is 16.2. The van der Waals surface area contributed by atoms with Crippen LogP contribution < -0.4 is 11.3 Å². The number of aromatic nitrogens is 1. The van der Waals surface area contributed by atoms with Gasteiger partial charge >= 0.3 is 0 Å². The topological polar surface area (TPSA) is 54.2 Å². The SMILES string of the molecule is CN(Cc1ccccc1)Cc1cccc(NN)n1. The number of pyridine rings is 1. The molecule has 0 saturated heterocycles. The van der Waals surface area contributed by atoms with Crippen LogP contribution in [0.15, 0.2) is 48.5 Å². The van der Waals surface area contributed by atoms with Gasteiger partial charge in [-0.1, -0.05) is 36.4 Å². The van der Waals surface area contributed by atoms with Gasteiger partial charge in [0.2, 0.25) is 0 Å². The van der Waals surface area contributed by atoms with Crippen molar-refractivity contribution in [1.82, 2.24) is 9.88 Å². The first-order valence-corrected chi connectivity index (χ1v) is 5.93. The highest BCUT2D eigenvalue weighted by Gasteiger charge is 2.03. The van der Waals surface area contributed by atoms with Crippen molar-refractivity contribution in [2.75, 3.05) is 12.5 Å². The van der Waals surface area contributed by atoms with Gasteiger partial charge < -0.3 is 5.43 Å². The zero-order valence-corrected chi connectivity index (χ0v) is 10.5. The van der Waals surface area contributed by atoms with Crippen LogP contribution in [0.5, 0.6) is 0 Å². The Morgan fingerprint density at radius 1 is 1.06 bits per heavy atom. The Morgan fingerprint density at radius 3 is 2.56 bits per heavy atom. The predicted molar refractivity (Wildman–Crippen MR) is 73.7 cm³/mol. The van der Waals surface area contributed by atoms with E-state index >= 15 is 0 Å². The molecule has 0 aliphatic rings. The van der Waals surface area contributed by atoms with E-state index in [1.54, 1.807) is 0 Å². The third-order valence-corrected chi connectivity index (χ3v) is 2.68. The van der Waals surface area contributed by atoms with E-state index in [2.05, 4.69) is 46.6 Å². The molecule has 0 unspecified atom stereocenters. The fourth-order valence-corrected chi connectivity index (χ4v) is 1.88. The molecule has 0 amide bonds. The largest absolute Gasteiger partial charge is 0.308 e. The Labute approximate surface area is 107 Å². The lowest BCUT2D eigenvalue weighted by molar-refractivity contribution is 0.315. The molecule has 1 aromatic carbocycles. The van der Waals surface area contributed by atoms with Gasteiger partial charge in [0.25, 0.3) is 0 Å². The van der Waals surface area contributed by atoms with Crippen molar-refractivity contribution in [2.24, 2.45) is 5.84 Å². The van der Waals surface area contributed by atoms with E-state index < -0.39 is 0 Å². The van der Waals surface area contributed by atoms with Crippen molar-refractivity contribution < 1.29 is 0 Å². The second-order valence-electron chi connectivity index (χ2n) is 4.32. The summed E-state index contributed by atoms with van der Waals surface area (Å²) < 4.78 is 0. The zero-order chi connectivity index (χ0) is 12.8. The molecule has 1 heterocycles. The van der Waals surface area contributed by atoms with Crippen LogP contribution in [-0.4, -0.2) is 16.9 Å². The van der Waals surface area contributed by atoms with Gasteiger partial charge in [-0.3, -0.25) is 4.90 Å². The first-order valence-electron chi connectivity index (χ1n) is 5.93. The summed E-state index contributed by atoms with van der Waals surface area (Å²) >= 11 is 0. The van der Waals surface area contributed by atoms with Crippen LogP contribution in [0.2, 0.25) is 0 Å². The van der Waals surface area contributed by atoms with Crippen molar-refractivity contribution in [3.63, 3.8) is 0 Å². The molecule has 0 aliphatic carbocycles. The van der Waals surface area contributed by atoms with Crippen LogP contribution in [0.25, 0.3) is 0 Å². The highest BCUT2D eigenvalue weighted by atomic mass is 15.2. The van der Waals surface area contributed by atoms with Gasteiger partial charge in [0.15, 0.2) is 0 Å². The average Bonchev–Trinajstić information content (AvgIpc) is 2.40. The molecule has 0 aliphatic heterocycles. The maximum atomic E-state index is 5.35. The Bertz CT molecular complexity index is 484. The third-order valence-electron chi connectivity index (χ3n) is 2.68. The van der Waals surface area contributed by atoms with Crippen LogP contribution in [0.4, 0.5) is 5.82 Å². The lowest BCUT2D eigenvalue weighted by Gasteiger charge is -2.16. The van der Waals surface area contributed by atoms with Crippen molar-refractivity contribution in [2.45, 2.75) is 13.1 Å². The molecule has 0 saturated carbocycles. The zero-order valence-electron chi connectivity index (χ0n) is 10.5. The van der Waals surface area contributed by atoms with E-state index in [0.29, 0.717) is 5.82 Å². The van der Waals surface area contributed by atoms with Gasteiger partial charge in [-0.15, -0.1) is 0 Å². The Hall–Kier alpha value is -1.91. The van der Waals surface area contributed by atoms with Gasteiger partial charge in [0.1, 0.15) is 5.82 Å². The van der Waals surface area contributed by atoms with Gasteiger partial charge in [0.05, 0.1) is 5.69 Å². The highest BCUT2D eigenvalue weighted by Crippen LogP contribution is 2.08. The molecule has 4 nitrogen and oxygen atoms in total. The van der Waals surface area contributed by atoms with Crippen LogP contribution >= 0.6 is 0 Å². The molecular weight excluding hydrogens is 224 g/mol. The van der Waals surface area contributed by atoms with Crippen molar-refractivity contribution >= 4 is 5.82 Å². The molecule has 0 fully saturated rings. The van der Waals surface area contributed by atoms with Crippen LogP contribution in [-0.2, 0) is 13.1 Å². The van der Waals surface area contributed by atoms with E-state index in [4.69, 9.17) is 5.84 Å². The maximum Gasteiger partial charge on any atom is 0.140 e. The van der Waals surface area contributed by atoms with E-state index in [0.717, 1.165) is 18.8 Å². The summed E-state index contributed by atoms with van der Waals surface area (Å²) in [5.41, 5.74) is 4.86. The van der Waals surface area contributed by atoms with Gasteiger partial charge in [-0.25, -0.2) is 10.8 Å². The number of hydrogen-bond acceptors (Lipinski definition) is 4. The molecule has 0 radical (unpaired) electrons. The van der Waals surface area contributed by atoms with E-state index in [9.17, 15) is 0 Å². The van der Waals surface area contributed by atoms with E-state index in [-0.39, 0.29) is 0 Å². The lowest BCUT2D eigenvalue weighted by Crippen LogP contribution is -2.18. The number of nitrogens with one attached hydrogen (secondary N) is 1. The Balaban J connectivity index is 1.96. The fourth-order valence-electron chi connectivity index (χ4n) is 1.88. The van der Waals surface area contributed by atoms with Crippen LogP contribution in [0.3, 0.4) is 0 Å². The fraction of sp³-hybridized carbons (Fsp3) is 0.214. The number of nitrogens with two attached hydrogens (primary N) is 1. The third kappa shape index (κ3) is 3.55. The summed E-state index contributed by atoms with van der Waals surface area (Å²) in [7, 11) is 2.08. The number of anilines is 1. The molecule has 18 heavy (non-hydrogen) atoms. The number of hydrazine groups is 1. The maximum absolute atomic E-state index is 5.35. The standard InChI is InChI=1S/C14H18N4/c1-18(10-12-6-3-2-4-7-12)11-13-8-5-9-14(16-13)17-15/h2-9H,10-11,15H2,1H3,(H,16,17). The molecule has 2 rings (SSSR count). The minimum absolute atomic E-state index is 0.695. The van der Waals surface area contributed by atoms with Gasteiger partial charge in [-0.05, 0) is 24.7 Å². The number of nitrogen functional groups attached to an aromatic ring is 1. The van der Waals surface area contributed by atoms with Crippen molar-refractivity contribution in [1.29, 1.82) is 0 Å². The van der Waals surface area contributed by atoms with E-state index in [1.807, 2.05) is 24.3 Å². The molecule has 94 valence electrons. The number of nitrogens with zero attached hydrogens (tertiary/aromatic N) is 2. The summed E-state index contributed by atoms with van der Waals surface area (Å²) in [5, 5.41) is 0. The second-order valence-corrected chi connectivity index (χ2v) is 4.32. The Kier molecular flexibility index (Phi) is 4.28. The van der Waals surface area contributed by atoms with E-state index in [1.165, 1.54) is 5.56 Å². The van der Waals surface area contributed by atoms with Crippen LogP contribution in [0.1, 0.15) is 11.3 Å². The molecule has 2 aromatic rings. The molecular formula is C14H18N4. The molecule has 0 bridgehead atoms. The molecule has 0 spiro atoms. The second kappa shape index (κ2) is 6.14. The quantitative estimate of drug-likeness (QED) is 0.622. The number of benzene rings is 1. The van der Waals surface area contributed by atoms with Crippen molar-refractivity contribution in [3.05, 3.63) is 59.8 Å². The Morgan fingerprint density at radius 2 is 1.83 bits per heavy atom. The smallest absolute Gasteiger partial charge is 0.140 e. The first-order chi connectivity index (χ1) is 8.78. The van der Waals surface area contributed by atoms with Crippen molar-refractivity contribution in [3.8, 4) is 0 Å². The lowest BCUT2D eigenvalue weighted by atomic mass is 10.2. The normalized spacial score (nSPS) is 10.6. The summed E-state index contributed by atoms with van der Waals surface area (Å²) in [6.07, 6.45) is 0. The molecule has 4 heteroatoms. The monoisotopic (exact) mass is 242 g/mol. The molecule has 0 atom stereocenters. The van der Waals surface area contributed by atoms with Gasteiger partial charge in [0, 0.05) is 13.1 Å².